The molecule has 2 heterocycles. The van der Waals surface area contributed by atoms with Gasteiger partial charge in [-0.25, -0.2) is 4.98 Å². The van der Waals surface area contributed by atoms with Crippen molar-refractivity contribution in [1.29, 1.82) is 0 Å². The molecule has 0 bridgehead atoms. The zero-order valence-electron chi connectivity index (χ0n) is 8.73. The highest BCUT2D eigenvalue weighted by atomic mass is 35.5. The van der Waals surface area contributed by atoms with E-state index in [0.29, 0.717) is 5.65 Å². The third kappa shape index (κ3) is 1.88. The van der Waals surface area contributed by atoms with Crippen LogP contribution in [0.4, 0.5) is 0 Å². The normalized spacial score (nSPS) is 10.0. The Morgan fingerprint density at radius 1 is 1.40 bits per heavy atom. The smallest absolute Gasteiger partial charge is 0.261 e. The Morgan fingerprint density at radius 3 is 2.80 bits per heavy atom. The molecule has 0 fully saturated rings. The predicted molar refractivity (Wildman–Crippen MR) is 62.8 cm³/mol. The van der Waals surface area contributed by atoms with Gasteiger partial charge in [-0.3, -0.25) is 9.20 Å². The SMILES string of the molecule is CCc1c(C)nc2ccccn2c1=O.Cl. The lowest BCUT2D eigenvalue weighted by Crippen LogP contribution is -2.20. The van der Waals surface area contributed by atoms with Gasteiger partial charge in [0.2, 0.25) is 0 Å². The molecule has 0 unspecified atom stereocenters. The largest absolute Gasteiger partial charge is 0.269 e. The molecular weight excluding hydrogens is 212 g/mol. The maximum absolute atomic E-state index is 11.9. The third-order valence-corrected chi connectivity index (χ3v) is 2.39. The summed E-state index contributed by atoms with van der Waals surface area (Å²) < 4.78 is 1.59. The zero-order valence-corrected chi connectivity index (χ0v) is 9.54. The van der Waals surface area contributed by atoms with E-state index in [1.165, 1.54) is 0 Å². The molecule has 3 nitrogen and oxygen atoms in total. The first-order valence-electron chi connectivity index (χ1n) is 4.71. The van der Waals surface area contributed by atoms with Gasteiger partial charge in [-0.2, -0.15) is 0 Å². The van der Waals surface area contributed by atoms with Crippen LogP contribution in [0.3, 0.4) is 0 Å². The Bertz CT molecular complexity index is 534. The molecule has 0 radical (unpaired) electrons. The Labute approximate surface area is 94.2 Å². The number of nitrogens with zero attached hydrogens (tertiary/aromatic N) is 2. The van der Waals surface area contributed by atoms with Crippen LogP contribution in [0.5, 0.6) is 0 Å². The molecule has 2 rings (SSSR count). The molecule has 2 aromatic heterocycles. The first-order chi connectivity index (χ1) is 6.74. The summed E-state index contributed by atoms with van der Waals surface area (Å²) in [5.41, 5.74) is 2.40. The topological polar surface area (TPSA) is 34.4 Å². The van der Waals surface area contributed by atoms with Crippen LogP contribution in [0.15, 0.2) is 29.2 Å². The van der Waals surface area contributed by atoms with Crippen molar-refractivity contribution >= 4 is 18.1 Å². The lowest BCUT2D eigenvalue weighted by molar-refractivity contribution is 0.936. The van der Waals surface area contributed by atoms with Crippen molar-refractivity contribution in [3.63, 3.8) is 0 Å². The summed E-state index contributed by atoms with van der Waals surface area (Å²) in [7, 11) is 0. The van der Waals surface area contributed by atoms with E-state index in [0.717, 1.165) is 17.7 Å². The maximum Gasteiger partial charge on any atom is 0.261 e. The van der Waals surface area contributed by atoms with Crippen LogP contribution >= 0.6 is 12.4 Å². The number of hydrogen-bond acceptors (Lipinski definition) is 2. The number of aromatic nitrogens is 2. The summed E-state index contributed by atoms with van der Waals surface area (Å²) in [5, 5.41) is 0. The average molecular weight is 225 g/mol. The van der Waals surface area contributed by atoms with Gasteiger partial charge in [-0.1, -0.05) is 13.0 Å². The van der Waals surface area contributed by atoms with Gasteiger partial charge < -0.3 is 0 Å². The van der Waals surface area contributed by atoms with Crippen molar-refractivity contribution in [1.82, 2.24) is 9.38 Å². The molecule has 0 N–H and O–H groups in total. The minimum absolute atomic E-state index is 0. The van der Waals surface area contributed by atoms with Crippen LogP contribution in [0.2, 0.25) is 0 Å². The van der Waals surface area contributed by atoms with Gasteiger partial charge in [0.15, 0.2) is 0 Å². The highest BCUT2D eigenvalue weighted by Gasteiger charge is 2.06. The van der Waals surface area contributed by atoms with E-state index in [2.05, 4.69) is 4.98 Å². The molecule has 0 aliphatic carbocycles. The Hall–Kier alpha value is -1.35. The fraction of sp³-hybridized carbons (Fsp3) is 0.273. The van der Waals surface area contributed by atoms with Gasteiger partial charge in [0, 0.05) is 17.5 Å². The molecule has 15 heavy (non-hydrogen) atoms. The molecule has 80 valence electrons. The highest BCUT2D eigenvalue weighted by molar-refractivity contribution is 5.85. The maximum atomic E-state index is 11.9. The van der Waals surface area contributed by atoms with E-state index in [4.69, 9.17) is 0 Å². The Morgan fingerprint density at radius 2 is 2.13 bits per heavy atom. The number of halogens is 1. The molecule has 0 saturated heterocycles. The van der Waals surface area contributed by atoms with Crippen LogP contribution in [0, 0.1) is 6.92 Å². The summed E-state index contributed by atoms with van der Waals surface area (Å²) >= 11 is 0. The number of pyridine rings is 1. The molecule has 4 heteroatoms. The van der Waals surface area contributed by atoms with Gasteiger partial charge >= 0.3 is 0 Å². The second kappa shape index (κ2) is 4.45. The van der Waals surface area contributed by atoms with Crippen molar-refractivity contribution in [2.24, 2.45) is 0 Å². The highest BCUT2D eigenvalue weighted by Crippen LogP contribution is 2.03. The fourth-order valence-corrected chi connectivity index (χ4v) is 1.64. The minimum Gasteiger partial charge on any atom is -0.269 e. The Kier molecular flexibility index (Phi) is 3.48. The number of fused-ring (bicyclic) bond motifs is 1. The zero-order chi connectivity index (χ0) is 10.1. The van der Waals surface area contributed by atoms with Crippen molar-refractivity contribution in [3.05, 3.63) is 46.0 Å². The lowest BCUT2D eigenvalue weighted by atomic mass is 10.2. The van der Waals surface area contributed by atoms with Gasteiger partial charge in [0.05, 0.1) is 0 Å². The van der Waals surface area contributed by atoms with Gasteiger partial charge in [-0.05, 0) is 25.5 Å². The third-order valence-electron chi connectivity index (χ3n) is 2.39. The summed E-state index contributed by atoms with van der Waals surface area (Å²) in [4.78, 5) is 16.3. The van der Waals surface area contributed by atoms with E-state index in [1.54, 1.807) is 10.6 Å². The Balaban J connectivity index is 0.00000112. The molecule has 0 aromatic carbocycles. The second-order valence-electron chi connectivity index (χ2n) is 3.26. The van der Waals surface area contributed by atoms with Crippen LogP contribution < -0.4 is 5.56 Å². The van der Waals surface area contributed by atoms with E-state index in [1.807, 2.05) is 32.0 Å². The molecule has 0 amide bonds. The minimum atomic E-state index is 0. The fourth-order valence-electron chi connectivity index (χ4n) is 1.64. The predicted octanol–water partition coefficient (Wildman–Crippen LogP) is 1.99. The second-order valence-corrected chi connectivity index (χ2v) is 3.26. The van der Waals surface area contributed by atoms with E-state index in [9.17, 15) is 4.79 Å². The van der Waals surface area contributed by atoms with Crippen molar-refractivity contribution < 1.29 is 0 Å². The number of aryl methyl sites for hydroxylation is 1. The summed E-state index contributed by atoms with van der Waals surface area (Å²) in [6.45, 7) is 3.86. The van der Waals surface area contributed by atoms with Gasteiger partial charge in [0.25, 0.3) is 5.56 Å². The summed E-state index contributed by atoms with van der Waals surface area (Å²) in [5.74, 6) is 0. The first kappa shape index (κ1) is 11.7. The number of rotatable bonds is 1. The van der Waals surface area contributed by atoms with E-state index in [-0.39, 0.29) is 18.0 Å². The van der Waals surface area contributed by atoms with Gasteiger partial charge in [0.1, 0.15) is 5.65 Å². The molecule has 2 aromatic rings. The molecule has 0 aliphatic rings. The molecule has 0 aliphatic heterocycles. The molecular formula is C11H13ClN2O. The van der Waals surface area contributed by atoms with Gasteiger partial charge in [-0.15, -0.1) is 12.4 Å². The van der Waals surface area contributed by atoms with Crippen LogP contribution in [0.1, 0.15) is 18.2 Å². The monoisotopic (exact) mass is 224 g/mol. The summed E-state index contributed by atoms with van der Waals surface area (Å²) in [6, 6.07) is 5.56. The van der Waals surface area contributed by atoms with Crippen molar-refractivity contribution in [3.8, 4) is 0 Å². The van der Waals surface area contributed by atoms with Crippen LogP contribution in [-0.4, -0.2) is 9.38 Å². The number of hydrogen-bond donors (Lipinski definition) is 0. The van der Waals surface area contributed by atoms with Crippen LogP contribution in [0.25, 0.3) is 5.65 Å². The quantitative estimate of drug-likeness (QED) is 0.743. The molecule has 0 spiro atoms. The standard InChI is InChI=1S/C11H12N2O.ClH/c1-3-9-8(2)12-10-6-4-5-7-13(10)11(9)14;/h4-7H,3H2,1-2H3;1H. The summed E-state index contributed by atoms with van der Waals surface area (Å²) in [6.07, 6.45) is 2.48. The average Bonchev–Trinajstić information content (AvgIpc) is 2.18. The lowest BCUT2D eigenvalue weighted by Gasteiger charge is -2.04. The molecule has 0 atom stereocenters. The van der Waals surface area contributed by atoms with E-state index >= 15 is 0 Å². The molecule has 0 saturated carbocycles. The van der Waals surface area contributed by atoms with Crippen molar-refractivity contribution in [2.75, 3.05) is 0 Å². The van der Waals surface area contributed by atoms with Crippen LogP contribution in [-0.2, 0) is 6.42 Å². The van der Waals surface area contributed by atoms with E-state index < -0.39 is 0 Å². The first-order valence-corrected chi connectivity index (χ1v) is 4.71. The van der Waals surface area contributed by atoms with Crippen molar-refractivity contribution in [2.45, 2.75) is 20.3 Å².